The van der Waals surface area contributed by atoms with Gasteiger partial charge in [0.25, 0.3) is 0 Å². The molecule has 5 nitrogen and oxygen atoms in total. The van der Waals surface area contributed by atoms with Gasteiger partial charge in [0.1, 0.15) is 6.04 Å². The lowest BCUT2D eigenvalue weighted by molar-refractivity contribution is -0.137. The van der Waals surface area contributed by atoms with Gasteiger partial charge < -0.3 is 15.6 Å². The van der Waals surface area contributed by atoms with Crippen molar-refractivity contribution in [3.8, 4) is 0 Å². The summed E-state index contributed by atoms with van der Waals surface area (Å²) in [6.45, 7) is 0. The minimum Gasteiger partial charge on any atom is -0.480 e. The lowest BCUT2D eigenvalue weighted by atomic mass is 9.95. The molecule has 22 heavy (non-hydrogen) atoms. The summed E-state index contributed by atoms with van der Waals surface area (Å²) in [5.41, 5.74) is 8.35. The summed E-state index contributed by atoms with van der Waals surface area (Å²) in [4.78, 5) is 22.6. The number of rotatable bonds is 4. The molecule has 0 amide bonds. The smallest absolute Gasteiger partial charge is 0.338 e. The molecule has 3 N–H and O–H groups in total. The average Bonchev–Trinajstić information content (AvgIpc) is 2.54. The second-order valence-electron chi connectivity index (χ2n) is 4.86. The minimum atomic E-state index is -1.06. The van der Waals surface area contributed by atoms with Crippen molar-refractivity contribution in [2.24, 2.45) is 5.73 Å². The molecule has 0 fully saturated rings. The lowest BCUT2D eigenvalue weighted by Gasteiger charge is -2.13. The van der Waals surface area contributed by atoms with Crippen molar-refractivity contribution < 1.29 is 19.4 Å². The topological polar surface area (TPSA) is 89.6 Å². The van der Waals surface area contributed by atoms with Crippen molar-refractivity contribution in [2.75, 3.05) is 7.11 Å². The van der Waals surface area contributed by atoms with Crippen LogP contribution in [-0.2, 0) is 9.53 Å². The molecule has 2 rings (SSSR count). The number of benzene rings is 1. The molecule has 0 saturated heterocycles. The SMILES string of the molecule is COC(=O)c1ccccc1C=C1C=CC(C(N)C(=O)O)=CC1. The van der Waals surface area contributed by atoms with Crippen molar-refractivity contribution in [1.82, 2.24) is 0 Å². The van der Waals surface area contributed by atoms with Gasteiger partial charge >= 0.3 is 11.9 Å². The second-order valence-corrected chi connectivity index (χ2v) is 4.86. The van der Waals surface area contributed by atoms with E-state index in [0.717, 1.165) is 11.1 Å². The number of aliphatic carboxylic acids is 1. The van der Waals surface area contributed by atoms with Gasteiger partial charge in [-0.2, -0.15) is 0 Å². The second kappa shape index (κ2) is 6.87. The van der Waals surface area contributed by atoms with Crippen molar-refractivity contribution in [3.63, 3.8) is 0 Å². The van der Waals surface area contributed by atoms with E-state index in [-0.39, 0.29) is 0 Å². The molecule has 1 unspecified atom stereocenters. The first-order chi connectivity index (χ1) is 10.5. The predicted octanol–water partition coefficient (Wildman–Crippen LogP) is 2.15. The molecule has 1 aliphatic carbocycles. The van der Waals surface area contributed by atoms with Crippen LogP contribution in [0, 0.1) is 0 Å². The number of hydrogen-bond acceptors (Lipinski definition) is 4. The maximum Gasteiger partial charge on any atom is 0.338 e. The molecule has 5 heteroatoms. The zero-order valence-corrected chi connectivity index (χ0v) is 12.2. The Morgan fingerprint density at radius 1 is 1.32 bits per heavy atom. The maximum atomic E-state index is 11.7. The van der Waals surface area contributed by atoms with Crippen molar-refractivity contribution in [3.05, 3.63) is 64.8 Å². The Hall–Kier alpha value is -2.66. The quantitative estimate of drug-likeness (QED) is 0.831. The molecule has 114 valence electrons. The number of methoxy groups -OCH3 is 1. The van der Waals surface area contributed by atoms with Crippen LogP contribution in [-0.4, -0.2) is 30.2 Å². The molecule has 1 atom stereocenters. The Morgan fingerprint density at radius 3 is 2.64 bits per heavy atom. The van der Waals surface area contributed by atoms with E-state index in [4.69, 9.17) is 15.6 Å². The van der Waals surface area contributed by atoms with Crippen LogP contribution in [0.1, 0.15) is 22.3 Å². The normalized spacial score (nSPS) is 17.0. The van der Waals surface area contributed by atoms with Crippen LogP contribution in [0.2, 0.25) is 0 Å². The molecule has 0 radical (unpaired) electrons. The maximum absolute atomic E-state index is 11.7. The molecule has 0 spiro atoms. The van der Waals surface area contributed by atoms with Crippen LogP contribution in [0.5, 0.6) is 0 Å². The number of nitrogens with two attached hydrogens (primary N) is 1. The third-order valence-corrected chi connectivity index (χ3v) is 3.40. The number of carbonyl (C=O) groups is 2. The van der Waals surface area contributed by atoms with Gasteiger partial charge in [-0.1, -0.05) is 42.5 Å². The average molecular weight is 299 g/mol. The molecule has 0 heterocycles. The van der Waals surface area contributed by atoms with Crippen LogP contribution in [0.25, 0.3) is 6.08 Å². The van der Waals surface area contributed by atoms with E-state index in [0.29, 0.717) is 17.6 Å². The van der Waals surface area contributed by atoms with Gasteiger partial charge in [0, 0.05) is 0 Å². The highest BCUT2D eigenvalue weighted by Crippen LogP contribution is 2.22. The molecular weight excluding hydrogens is 282 g/mol. The monoisotopic (exact) mass is 299 g/mol. The van der Waals surface area contributed by atoms with Crippen molar-refractivity contribution >= 4 is 18.0 Å². The summed E-state index contributed by atoms with van der Waals surface area (Å²) in [6.07, 6.45) is 7.72. The molecule has 0 saturated carbocycles. The van der Waals surface area contributed by atoms with E-state index in [9.17, 15) is 9.59 Å². The first-order valence-electron chi connectivity index (χ1n) is 6.77. The zero-order valence-electron chi connectivity index (χ0n) is 12.2. The fourth-order valence-electron chi connectivity index (χ4n) is 2.17. The lowest BCUT2D eigenvalue weighted by Crippen LogP contribution is -2.31. The number of carboxylic acids is 1. The largest absolute Gasteiger partial charge is 0.480 e. The molecule has 0 bridgehead atoms. The van der Waals surface area contributed by atoms with Crippen LogP contribution >= 0.6 is 0 Å². The number of esters is 1. The summed E-state index contributed by atoms with van der Waals surface area (Å²) in [5, 5.41) is 8.89. The fraction of sp³-hybridized carbons (Fsp3) is 0.176. The van der Waals surface area contributed by atoms with E-state index >= 15 is 0 Å². The van der Waals surface area contributed by atoms with Gasteiger partial charge in [0.2, 0.25) is 0 Å². The Morgan fingerprint density at radius 2 is 2.05 bits per heavy atom. The summed E-state index contributed by atoms with van der Waals surface area (Å²) in [5.74, 6) is -1.45. The highest BCUT2D eigenvalue weighted by atomic mass is 16.5. The summed E-state index contributed by atoms with van der Waals surface area (Å²) in [7, 11) is 1.34. The molecule has 1 aromatic carbocycles. The minimum absolute atomic E-state index is 0.392. The molecular formula is C17H17NO4. The number of hydrogen-bond donors (Lipinski definition) is 2. The number of allylic oxidation sites excluding steroid dienone is 3. The molecule has 0 aliphatic heterocycles. The van der Waals surface area contributed by atoms with E-state index in [2.05, 4.69) is 0 Å². The predicted molar refractivity (Wildman–Crippen MR) is 83.2 cm³/mol. The number of carbonyl (C=O) groups excluding carboxylic acids is 1. The third-order valence-electron chi connectivity index (χ3n) is 3.40. The summed E-state index contributed by atoms with van der Waals surface area (Å²) >= 11 is 0. The molecule has 0 aromatic heterocycles. The standard InChI is InChI=1S/C17H17NO4/c1-22-17(21)14-5-3-2-4-13(14)10-11-6-8-12(9-7-11)15(18)16(19)20/h2-6,8-10,15H,7,18H2,1H3,(H,19,20). The zero-order chi connectivity index (χ0) is 16.1. The van der Waals surface area contributed by atoms with Gasteiger partial charge in [-0.3, -0.25) is 4.79 Å². The van der Waals surface area contributed by atoms with E-state index in [1.807, 2.05) is 24.3 Å². The van der Waals surface area contributed by atoms with Gasteiger partial charge in [0.15, 0.2) is 0 Å². The summed E-state index contributed by atoms with van der Waals surface area (Å²) in [6, 6.07) is 6.13. The highest BCUT2D eigenvalue weighted by molar-refractivity contribution is 5.93. The summed E-state index contributed by atoms with van der Waals surface area (Å²) < 4.78 is 4.76. The molecule has 1 aromatic rings. The van der Waals surface area contributed by atoms with Gasteiger partial charge in [-0.25, -0.2) is 4.79 Å². The van der Waals surface area contributed by atoms with Gasteiger partial charge in [-0.05, 0) is 29.2 Å². The Bertz CT molecular complexity index is 686. The highest BCUT2D eigenvalue weighted by Gasteiger charge is 2.17. The third kappa shape index (κ3) is 3.51. The van der Waals surface area contributed by atoms with E-state index in [1.165, 1.54) is 7.11 Å². The van der Waals surface area contributed by atoms with Crippen molar-refractivity contribution in [1.29, 1.82) is 0 Å². The number of ether oxygens (including phenoxy) is 1. The Kier molecular flexibility index (Phi) is 4.91. The van der Waals surface area contributed by atoms with Crippen LogP contribution in [0.3, 0.4) is 0 Å². The first-order valence-corrected chi connectivity index (χ1v) is 6.77. The van der Waals surface area contributed by atoms with Crippen LogP contribution in [0.4, 0.5) is 0 Å². The van der Waals surface area contributed by atoms with E-state index < -0.39 is 18.0 Å². The van der Waals surface area contributed by atoms with Crippen molar-refractivity contribution in [2.45, 2.75) is 12.5 Å². The fourth-order valence-corrected chi connectivity index (χ4v) is 2.17. The van der Waals surface area contributed by atoms with Gasteiger partial charge in [0.05, 0.1) is 12.7 Å². The van der Waals surface area contributed by atoms with Gasteiger partial charge in [-0.15, -0.1) is 0 Å². The molecule has 1 aliphatic rings. The van der Waals surface area contributed by atoms with E-state index in [1.54, 1.807) is 24.3 Å². The Labute approximate surface area is 128 Å². The number of carboxylic acid groups (broad SMARTS) is 1. The van der Waals surface area contributed by atoms with Crippen LogP contribution in [0.15, 0.2) is 53.6 Å². The van der Waals surface area contributed by atoms with Crippen LogP contribution < -0.4 is 5.73 Å². The first kappa shape index (κ1) is 15.7. The Balaban J connectivity index is 2.22.